The number of rotatable bonds is 18. The third kappa shape index (κ3) is 9.61. The van der Waals surface area contributed by atoms with Crippen molar-refractivity contribution in [3.05, 3.63) is 105 Å². The zero-order valence-corrected chi connectivity index (χ0v) is 28.1. The highest BCUT2D eigenvalue weighted by Gasteiger charge is 2.42. The van der Waals surface area contributed by atoms with E-state index in [1.807, 2.05) is 47.8 Å². The van der Waals surface area contributed by atoms with Crippen LogP contribution in [-0.4, -0.2) is 65.4 Å². The van der Waals surface area contributed by atoms with E-state index in [4.69, 9.17) is 4.74 Å². The second-order valence-electron chi connectivity index (χ2n) is 12.8. The number of H-pyrrole nitrogens is 1. The van der Waals surface area contributed by atoms with Crippen LogP contribution in [0.5, 0.6) is 0 Å². The maximum atomic E-state index is 13.2. The average Bonchev–Trinajstić information content (AvgIpc) is 3.65. The molecule has 0 saturated carbocycles. The van der Waals surface area contributed by atoms with Crippen molar-refractivity contribution in [2.45, 2.75) is 69.5 Å². The molecule has 1 aliphatic heterocycles. The number of hydrogen-bond donors (Lipinski definition) is 4. The predicted octanol–water partition coefficient (Wildman–Crippen LogP) is 6.13. The fraction of sp³-hybridized carbons (Fsp3) is 0.474. The molecule has 5 rings (SSSR count). The molecule has 252 valence electrons. The van der Waals surface area contributed by atoms with Crippen LogP contribution in [0.15, 0.2) is 82.3 Å². The lowest BCUT2D eigenvalue weighted by molar-refractivity contribution is -0.164. The molecule has 4 N–H and O–H groups in total. The van der Waals surface area contributed by atoms with Gasteiger partial charge in [-0.2, -0.15) is 11.3 Å². The maximum Gasteiger partial charge on any atom is 0.347 e. The summed E-state index contributed by atoms with van der Waals surface area (Å²) in [7, 11) is 0. The summed E-state index contributed by atoms with van der Waals surface area (Å²) in [4.78, 5) is 30.5. The minimum absolute atomic E-state index is 0.192. The summed E-state index contributed by atoms with van der Waals surface area (Å²) in [6.45, 7) is 4.79. The Hall–Kier alpha value is -3.34. The number of benzene rings is 2. The van der Waals surface area contributed by atoms with Gasteiger partial charge in [0.25, 0.3) is 0 Å². The Morgan fingerprint density at radius 2 is 1.66 bits per heavy atom. The number of piperidine rings is 1. The first kappa shape index (κ1) is 35.0. The molecule has 0 spiro atoms. The molecule has 4 aromatic rings. The first-order chi connectivity index (χ1) is 22.9. The number of pyridine rings is 1. The number of para-hydroxylation sites is 1. The lowest BCUT2D eigenvalue weighted by atomic mass is 9.88. The van der Waals surface area contributed by atoms with Crippen molar-refractivity contribution in [2.75, 3.05) is 39.3 Å². The molecular formula is C38H49N3O5S. The number of carbonyl (C=O) groups excluding carboxylic acids is 1. The van der Waals surface area contributed by atoms with Crippen LogP contribution in [0.25, 0.3) is 10.9 Å². The van der Waals surface area contributed by atoms with Gasteiger partial charge in [-0.1, -0.05) is 80.6 Å². The van der Waals surface area contributed by atoms with E-state index in [1.165, 1.54) is 55.9 Å². The number of aliphatic hydroxyl groups excluding tert-OH is 1. The van der Waals surface area contributed by atoms with Gasteiger partial charge in [0.2, 0.25) is 11.2 Å². The van der Waals surface area contributed by atoms with E-state index in [0.29, 0.717) is 35.8 Å². The molecule has 2 atom stereocenters. The number of esters is 1. The molecule has 47 heavy (non-hydrogen) atoms. The van der Waals surface area contributed by atoms with Gasteiger partial charge in [-0.25, -0.2) is 4.79 Å². The fourth-order valence-corrected chi connectivity index (χ4v) is 7.25. The fourth-order valence-electron chi connectivity index (χ4n) is 6.55. The summed E-state index contributed by atoms with van der Waals surface area (Å²) in [5.74, 6) is -0.284. The van der Waals surface area contributed by atoms with Crippen LogP contribution < -0.4 is 10.9 Å². The third-order valence-corrected chi connectivity index (χ3v) is 10.1. The van der Waals surface area contributed by atoms with Crippen LogP contribution >= 0.6 is 11.3 Å². The molecule has 1 saturated heterocycles. The Bertz CT molecular complexity index is 1570. The zero-order chi connectivity index (χ0) is 32.9. The molecule has 8 nitrogen and oxygen atoms in total. The molecule has 1 fully saturated rings. The average molecular weight is 660 g/mol. The van der Waals surface area contributed by atoms with Gasteiger partial charge in [0.15, 0.2) is 0 Å². The summed E-state index contributed by atoms with van der Waals surface area (Å²) < 4.78 is 5.74. The summed E-state index contributed by atoms with van der Waals surface area (Å²) >= 11 is 1.45. The maximum absolute atomic E-state index is 13.2. The second kappa shape index (κ2) is 17.7. The number of ether oxygens (including phenoxy) is 1. The Morgan fingerprint density at radius 3 is 2.40 bits per heavy atom. The summed E-state index contributed by atoms with van der Waals surface area (Å²) in [6.07, 6.45) is 9.71. The highest BCUT2D eigenvalue weighted by Crippen LogP contribution is 2.33. The Labute approximate surface area is 281 Å². The minimum atomic E-state index is -1.79. The predicted molar refractivity (Wildman–Crippen MR) is 189 cm³/mol. The van der Waals surface area contributed by atoms with Crippen LogP contribution in [0.3, 0.4) is 0 Å². The lowest BCUT2D eigenvalue weighted by Crippen LogP contribution is -2.40. The molecule has 0 radical (unpaired) electrons. The largest absolute Gasteiger partial charge is 0.463 e. The first-order valence-corrected chi connectivity index (χ1v) is 18.1. The zero-order valence-electron chi connectivity index (χ0n) is 27.2. The second-order valence-corrected chi connectivity index (χ2v) is 13.6. The van der Waals surface area contributed by atoms with Crippen LogP contribution in [-0.2, 0) is 15.1 Å². The van der Waals surface area contributed by atoms with Crippen molar-refractivity contribution in [2.24, 2.45) is 5.92 Å². The van der Waals surface area contributed by atoms with E-state index < -0.39 is 17.7 Å². The Morgan fingerprint density at radius 1 is 0.957 bits per heavy atom. The molecule has 0 aliphatic carbocycles. The van der Waals surface area contributed by atoms with Crippen molar-refractivity contribution in [1.29, 1.82) is 0 Å². The van der Waals surface area contributed by atoms with Crippen LogP contribution in [0, 0.1) is 5.92 Å². The highest BCUT2D eigenvalue weighted by atomic mass is 32.1. The number of carbonyl (C=O) groups is 1. The van der Waals surface area contributed by atoms with Gasteiger partial charge in [0, 0.05) is 29.1 Å². The topological polar surface area (TPSA) is 115 Å². The van der Waals surface area contributed by atoms with E-state index in [2.05, 4.69) is 15.2 Å². The molecule has 1 unspecified atom stereocenters. The Kier molecular flexibility index (Phi) is 13.2. The SMILES string of the molecule is O=C(OCC1CCN(CCCCCCCCCNC[C@H](O)c2cc(=O)[nH]c3ccccc23)CC1)C(O)(c1ccccc1)c1ccsc1. The third-order valence-electron chi connectivity index (χ3n) is 9.39. The van der Waals surface area contributed by atoms with Crippen molar-refractivity contribution in [3.8, 4) is 0 Å². The molecule has 1 aliphatic rings. The highest BCUT2D eigenvalue weighted by molar-refractivity contribution is 7.08. The number of nitrogens with one attached hydrogen (secondary N) is 2. The van der Waals surface area contributed by atoms with E-state index in [-0.39, 0.29) is 5.56 Å². The number of aliphatic hydroxyl groups is 2. The van der Waals surface area contributed by atoms with E-state index in [1.54, 1.807) is 23.6 Å². The van der Waals surface area contributed by atoms with Crippen molar-refractivity contribution < 1.29 is 19.7 Å². The Balaban J connectivity index is 0.886. The summed E-state index contributed by atoms with van der Waals surface area (Å²) in [5, 5.41) is 30.1. The number of unbranched alkanes of at least 4 members (excludes halogenated alkanes) is 6. The standard InChI is InChI=1S/C38H49N3O5S/c42-35(33-25-36(43)40-34-16-10-9-15-32(33)34)26-39-20-11-4-2-1-3-5-12-21-41-22-17-29(18-23-41)27-46-37(44)38(45,31-19-24-47-28-31)30-13-7-6-8-14-30/h6-10,13-16,19,24-25,28-29,35,39,42,45H,1-5,11-12,17-18,20-23,26-27H2,(H,40,43)/t35-,38?/m0/s1. The monoisotopic (exact) mass is 659 g/mol. The lowest BCUT2D eigenvalue weighted by Gasteiger charge is -2.32. The van der Waals surface area contributed by atoms with Crippen molar-refractivity contribution in [1.82, 2.24) is 15.2 Å². The number of hydrogen-bond acceptors (Lipinski definition) is 8. The smallest absolute Gasteiger partial charge is 0.347 e. The van der Waals surface area contributed by atoms with Crippen molar-refractivity contribution in [3.63, 3.8) is 0 Å². The molecule has 9 heteroatoms. The van der Waals surface area contributed by atoms with Gasteiger partial charge < -0.3 is 30.2 Å². The van der Waals surface area contributed by atoms with Crippen LogP contribution in [0.1, 0.15) is 80.6 Å². The van der Waals surface area contributed by atoms with Gasteiger partial charge >= 0.3 is 5.97 Å². The van der Waals surface area contributed by atoms with Crippen molar-refractivity contribution >= 4 is 28.2 Å². The molecular weight excluding hydrogens is 611 g/mol. The molecule has 2 aromatic heterocycles. The quantitative estimate of drug-likeness (QED) is 0.0750. The summed E-state index contributed by atoms with van der Waals surface area (Å²) in [6, 6.07) is 19.9. The number of fused-ring (bicyclic) bond motifs is 1. The number of likely N-dealkylation sites (tertiary alicyclic amines) is 1. The molecule has 0 bridgehead atoms. The van der Waals surface area contributed by atoms with E-state index in [9.17, 15) is 19.8 Å². The van der Waals surface area contributed by atoms with Gasteiger partial charge in [0.05, 0.1) is 12.7 Å². The van der Waals surface area contributed by atoms with E-state index in [0.717, 1.165) is 56.3 Å². The normalized spacial score (nSPS) is 16.2. The van der Waals surface area contributed by atoms with Gasteiger partial charge in [0.1, 0.15) is 0 Å². The molecule has 0 amide bonds. The van der Waals surface area contributed by atoms with Gasteiger partial charge in [-0.3, -0.25) is 4.79 Å². The molecule has 3 heterocycles. The molecule has 2 aromatic carbocycles. The minimum Gasteiger partial charge on any atom is -0.463 e. The number of aromatic nitrogens is 1. The summed E-state index contributed by atoms with van der Waals surface area (Å²) in [5.41, 5.74) is 0.520. The van der Waals surface area contributed by atoms with Gasteiger partial charge in [-0.05, 0) is 91.8 Å². The first-order valence-electron chi connectivity index (χ1n) is 17.2. The number of aromatic amines is 1. The van der Waals surface area contributed by atoms with Crippen LogP contribution in [0.2, 0.25) is 0 Å². The number of thiophene rings is 1. The van der Waals surface area contributed by atoms with Crippen LogP contribution in [0.4, 0.5) is 0 Å². The van der Waals surface area contributed by atoms with Gasteiger partial charge in [-0.15, -0.1) is 0 Å². The van der Waals surface area contributed by atoms with E-state index >= 15 is 0 Å². The number of nitrogens with zero attached hydrogens (tertiary/aromatic N) is 1.